The molecular weight excluding hydrogens is 336 g/mol. The predicted octanol–water partition coefficient (Wildman–Crippen LogP) is 1.15. The van der Waals surface area contributed by atoms with Crippen molar-refractivity contribution in [1.82, 2.24) is 4.31 Å². The SMILES string of the molecule is CN1C[C@H]2C[C@]2(C(=O)Nc2ccc(OC3CSC3)cc2)S1(=O)=O. The Balaban J connectivity index is 1.45. The average Bonchev–Trinajstić information content (AvgIpc) is 3.16. The fourth-order valence-electron chi connectivity index (χ4n) is 3.25. The van der Waals surface area contributed by atoms with Crippen molar-refractivity contribution >= 4 is 33.4 Å². The third-order valence-corrected chi connectivity index (χ3v) is 8.59. The number of carbonyl (C=O) groups is 1. The van der Waals surface area contributed by atoms with Crippen molar-refractivity contribution in [2.24, 2.45) is 5.92 Å². The number of amides is 1. The van der Waals surface area contributed by atoms with Gasteiger partial charge in [0.15, 0.2) is 4.75 Å². The molecule has 3 aliphatic rings. The Morgan fingerprint density at radius 2 is 2.04 bits per heavy atom. The van der Waals surface area contributed by atoms with Gasteiger partial charge < -0.3 is 10.1 Å². The zero-order chi connectivity index (χ0) is 16.2. The van der Waals surface area contributed by atoms with Crippen LogP contribution >= 0.6 is 11.8 Å². The summed E-state index contributed by atoms with van der Waals surface area (Å²) in [4.78, 5) is 12.5. The molecule has 0 spiro atoms. The van der Waals surface area contributed by atoms with Crippen LogP contribution in [0.2, 0.25) is 0 Å². The number of thioether (sulfide) groups is 1. The highest BCUT2D eigenvalue weighted by atomic mass is 32.2. The van der Waals surface area contributed by atoms with E-state index in [9.17, 15) is 13.2 Å². The van der Waals surface area contributed by atoms with E-state index in [1.807, 2.05) is 11.8 Å². The molecule has 4 rings (SSSR count). The lowest BCUT2D eigenvalue weighted by Crippen LogP contribution is -2.40. The number of hydrogen-bond donors (Lipinski definition) is 1. The lowest BCUT2D eigenvalue weighted by molar-refractivity contribution is -0.116. The minimum atomic E-state index is -3.54. The first-order chi connectivity index (χ1) is 10.9. The maximum Gasteiger partial charge on any atom is 0.247 e. The van der Waals surface area contributed by atoms with Crippen LogP contribution in [-0.4, -0.2) is 54.6 Å². The molecule has 0 bridgehead atoms. The van der Waals surface area contributed by atoms with Crippen molar-refractivity contribution in [1.29, 1.82) is 0 Å². The van der Waals surface area contributed by atoms with Crippen molar-refractivity contribution < 1.29 is 17.9 Å². The first-order valence-electron chi connectivity index (χ1n) is 7.55. The molecule has 2 atom stereocenters. The summed E-state index contributed by atoms with van der Waals surface area (Å²) >= 11 is 1.85. The lowest BCUT2D eigenvalue weighted by Gasteiger charge is -2.25. The standard InChI is InChI=1S/C15H18N2O4S2/c1-17-7-10-6-15(10,23(17,19)20)14(18)16-11-2-4-12(5-3-11)21-13-8-22-9-13/h2-5,10,13H,6-9H2,1H3,(H,16,18)/t10-,15+/m1/s1. The minimum Gasteiger partial charge on any atom is -0.489 e. The maximum atomic E-state index is 12.5. The molecule has 2 saturated heterocycles. The van der Waals surface area contributed by atoms with E-state index in [2.05, 4.69) is 5.32 Å². The summed E-state index contributed by atoms with van der Waals surface area (Å²) in [6, 6.07) is 7.10. The van der Waals surface area contributed by atoms with Gasteiger partial charge in [-0.25, -0.2) is 12.7 Å². The Kier molecular flexibility index (Phi) is 3.40. The fraction of sp³-hybridized carbons (Fsp3) is 0.533. The van der Waals surface area contributed by atoms with E-state index >= 15 is 0 Å². The van der Waals surface area contributed by atoms with E-state index in [1.54, 1.807) is 24.3 Å². The van der Waals surface area contributed by atoms with Gasteiger partial charge in [-0.05, 0) is 30.7 Å². The molecule has 0 aromatic heterocycles. The van der Waals surface area contributed by atoms with Crippen LogP contribution in [0.4, 0.5) is 5.69 Å². The predicted molar refractivity (Wildman–Crippen MR) is 89.2 cm³/mol. The highest BCUT2D eigenvalue weighted by molar-refractivity contribution is 8.00. The summed E-state index contributed by atoms with van der Waals surface area (Å²) in [5.41, 5.74) is 0.593. The minimum absolute atomic E-state index is 0.0868. The molecule has 1 aromatic rings. The Hall–Kier alpha value is -1.25. The third-order valence-electron chi connectivity index (χ3n) is 4.80. The molecule has 0 radical (unpaired) electrons. The van der Waals surface area contributed by atoms with E-state index in [0.29, 0.717) is 18.7 Å². The summed E-state index contributed by atoms with van der Waals surface area (Å²) < 4.78 is 30.5. The summed E-state index contributed by atoms with van der Waals surface area (Å²) in [5.74, 6) is 2.28. The van der Waals surface area contributed by atoms with Crippen LogP contribution in [0.15, 0.2) is 24.3 Å². The van der Waals surface area contributed by atoms with Gasteiger partial charge in [-0.2, -0.15) is 11.8 Å². The van der Waals surface area contributed by atoms with Gasteiger partial charge in [0, 0.05) is 36.7 Å². The maximum absolute atomic E-state index is 12.5. The number of nitrogens with one attached hydrogen (secondary N) is 1. The lowest BCUT2D eigenvalue weighted by atomic mass is 10.2. The summed E-state index contributed by atoms with van der Waals surface area (Å²) in [6.07, 6.45) is 0.692. The first-order valence-corrected chi connectivity index (χ1v) is 10.1. The van der Waals surface area contributed by atoms with E-state index in [0.717, 1.165) is 17.3 Å². The zero-order valence-electron chi connectivity index (χ0n) is 12.7. The summed E-state index contributed by atoms with van der Waals surface area (Å²) in [5, 5.41) is 2.75. The van der Waals surface area contributed by atoms with Gasteiger partial charge in [0.05, 0.1) is 0 Å². The molecule has 124 valence electrons. The van der Waals surface area contributed by atoms with Crippen LogP contribution in [0.1, 0.15) is 6.42 Å². The third kappa shape index (κ3) is 2.27. The molecule has 6 nitrogen and oxygen atoms in total. The molecule has 1 saturated carbocycles. The van der Waals surface area contributed by atoms with Crippen molar-refractivity contribution in [3.63, 3.8) is 0 Å². The Labute approximate surface area is 139 Å². The first kappa shape index (κ1) is 15.3. The molecule has 8 heteroatoms. The molecule has 1 aromatic carbocycles. The van der Waals surface area contributed by atoms with Gasteiger partial charge >= 0.3 is 0 Å². The van der Waals surface area contributed by atoms with Gasteiger partial charge in [0.1, 0.15) is 11.9 Å². The van der Waals surface area contributed by atoms with Crippen molar-refractivity contribution in [2.45, 2.75) is 17.3 Å². The fourth-order valence-corrected chi connectivity index (χ4v) is 5.93. The molecule has 1 amide bonds. The number of hydrogen-bond acceptors (Lipinski definition) is 5. The molecule has 3 fully saturated rings. The number of carbonyl (C=O) groups excluding carboxylic acids is 1. The van der Waals surface area contributed by atoms with Crippen molar-refractivity contribution in [3.05, 3.63) is 24.3 Å². The second-order valence-corrected chi connectivity index (χ2v) is 9.71. The van der Waals surface area contributed by atoms with Crippen molar-refractivity contribution in [2.75, 3.05) is 30.4 Å². The van der Waals surface area contributed by atoms with Gasteiger partial charge in [-0.1, -0.05) is 0 Å². The Morgan fingerprint density at radius 1 is 1.35 bits per heavy atom. The van der Waals surface area contributed by atoms with Gasteiger partial charge in [-0.3, -0.25) is 4.79 Å². The molecular formula is C15H18N2O4S2. The number of nitrogens with zero attached hydrogens (tertiary/aromatic N) is 1. The van der Waals surface area contributed by atoms with Crippen LogP contribution in [0.25, 0.3) is 0 Å². The number of anilines is 1. The highest BCUT2D eigenvalue weighted by Crippen LogP contribution is 2.57. The smallest absolute Gasteiger partial charge is 0.247 e. The normalized spacial score (nSPS) is 32.0. The Bertz CT molecular complexity index is 745. The average molecular weight is 354 g/mol. The largest absolute Gasteiger partial charge is 0.489 e. The summed E-state index contributed by atoms with van der Waals surface area (Å²) in [6.45, 7) is 0.432. The van der Waals surface area contributed by atoms with Crippen LogP contribution < -0.4 is 10.1 Å². The number of fused-ring (bicyclic) bond motifs is 1. The van der Waals surface area contributed by atoms with Gasteiger partial charge in [0.25, 0.3) is 0 Å². The highest BCUT2D eigenvalue weighted by Gasteiger charge is 2.74. The van der Waals surface area contributed by atoms with Crippen LogP contribution in [-0.2, 0) is 14.8 Å². The van der Waals surface area contributed by atoms with Gasteiger partial charge in [0.2, 0.25) is 15.9 Å². The van der Waals surface area contributed by atoms with E-state index < -0.39 is 20.7 Å². The second-order valence-electron chi connectivity index (χ2n) is 6.33. The van der Waals surface area contributed by atoms with Crippen LogP contribution in [0.5, 0.6) is 5.75 Å². The topological polar surface area (TPSA) is 75.7 Å². The molecule has 0 unspecified atom stereocenters. The number of benzene rings is 1. The van der Waals surface area contributed by atoms with Crippen LogP contribution in [0.3, 0.4) is 0 Å². The molecule has 2 heterocycles. The summed E-state index contributed by atoms with van der Waals surface area (Å²) in [7, 11) is -2.01. The zero-order valence-corrected chi connectivity index (χ0v) is 14.3. The van der Waals surface area contributed by atoms with E-state index in [1.165, 1.54) is 11.4 Å². The Morgan fingerprint density at radius 3 is 2.57 bits per heavy atom. The van der Waals surface area contributed by atoms with Crippen molar-refractivity contribution in [3.8, 4) is 5.75 Å². The number of sulfonamides is 1. The van der Waals surface area contributed by atoms with Crippen LogP contribution in [0, 0.1) is 5.92 Å². The van der Waals surface area contributed by atoms with Gasteiger partial charge in [-0.15, -0.1) is 0 Å². The quantitative estimate of drug-likeness (QED) is 0.878. The second kappa shape index (κ2) is 5.12. The number of ether oxygens (including phenoxy) is 1. The molecule has 2 aliphatic heterocycles. The van der Waals surface area contributed by atoms with E-state index in [-0.39, 0.29) is 12.0 Å². The molecule has 1 N–H and O–H groups in total. The van der Waals surface area contributed by atoms with E-state index in [4.69, 9.17) is 4.74 Å². The monoisotopic (exact) mass is 354 g/mol. The number of rotatable bonds is 4. The molecule has 1 aliphatic carbocycles. The molecule has 23 heavy (non-hydrogen) atoms.